The Morgan fingerprint density at radius 3 is 2.60 bits per heavy atom. The third-order valence-electron chi connectivity index (χ3n) is 3.93. The van der Waals surface area contributed by atoms with Gasteiger partial charge in [-0.1, -0.05) is 53.5 Å². The lowest BCUT2D eigenvalue weighted by Crippen LogP contribution is -2.17. The van der Waals surface area contributed by atoms with Gasteiger partial charge in [-0.05, 0) is 41.7 Å². The van der Waals surface area contributed by atoms with Crippen LogP contribution >= 0.6 is 23.2 Å². The minimum Gasteiger partial charge on any atom is -0.292 e. The van der Waals surface area contributed by atoms with Gasteiger partial charge >= 0.3 is 0 Å². The largest absolute Gasteiger partial charge is 0.292 e. The lowest BCUT2D eigenvalue weighted by atomic mass is 9.78. The summed E-state index contributed by atoms with van der Waals surface area (Å²) in [5.41, 5.74) is 5.01. The highest BCUT2D eigenvalue weighted by molar-refractivity contribution is 6.42. The van der Waals surface area contributed by atoms with Gasteiger partial charge in [-0.25, -0.2) is 0 Å². The van der Waals surface area contributed by atoms with Crippen LogP contribution in [0.2, 0.25) is 10.0 Å². The minimum atomic E-state index is 0.367. The predicted molar refractivity (Wildman–Crippen MR) is 86.4 cm³/mol. The van der Waals surface area contributed by atoms with E-state index < -0.39 is 0 Å². The first kappa shape index (κ1) is 13.7. The number of fused-ring (bicyclic) bond motifs is 1. The van der Waals surface area contributed by atoms with E-state index in [-0.39, 0.29) is 0 Å². The first-order valence-corrected chi connectivity index (χ1v) is 7.46. The molecule has 0 N–H and O–H groups in total. The van der Waals surface area contributed by atoms with Gasteiger partial charge in [0.05, 0.1) is 10.0 Å². The van der Waals surface area contributed by atoms with Crippen LogP contribution in [0.25, 0.3) is 0 Å². The summed E-state index contributed by atoms with van der Waals surface area (Å²) in [5, 5.41) is 1.23. The van der Waals surface area contributed by atoms with Crippen molar-refractivity contribution in [3.8, 4) is 0 Å². The van der Waals surface area contributed by atoms with Gasteiger partial charge in [0.15, 0.2) is 0 Å². The van der Waals surface area contributed by atoms with Gasteiger partial charge in [-0.2, -0.15) is 0 Å². The second-order valence-electron chi connectivity index (χ2n) is 5.02. The normalized spacial score (nSPS) is 19.9. The van der Waals surface area contributed by atoms with Gasteiger partial charge in [0.1, 0.15) is 0 Å². The average molecular weight is 304 g/mol. The Morgan fingerprint density at radius 2 is 1.85 bits per heavy atom. The Morgan fingerprint density at radius 1 is 1.05 bits per heavy atom. The van der Waals surface area contributed by atoms with Crippen LogP contribution in [0.3, 0.4) is 0 Å². The molecule has 0 radical (unpaired) electrons. The zero-order chi connectivity index (χ0) is 14.1. The number of hydrogen-bond acceptors (Lipinski definition) is 1. The molecule has 0 amide bonds. The summed E-state index contributed by atoms with van der Waals surface area (Å²) in [4.78, 5) is 4.42. The van der Waals surface area contributed by atoms with Crippen LogP contribution in [0, 0.1) is 0 Å². The Hall–Kier alpha value is -1.31. The molecule has 0 spiro atoms. The first-order valence-electron chi connectivity index (χ1n) is 6.70. The van der Waals surface area contributed by atoms with Crippen molar-refractivity contribution in [3.63, 3.8) is 0 Å². The molecule has 1 aliphatic carbocycles. The number of nitrogens with zero attached hydrogens (tertiary/aromatic N) is 1. The van der Waals surface area contributed by atoms with Crippen LogP contribution in [0.1, 0.15) is 35.4 Å². The fraction of sp³-hybridized carbons (Fsp3) is 0.235. The van der Waals surface area contributed by atoms with E-state index in [1.54, 1.807) is 0 Å². The molecule has 0 saturated carbocycles. The van der Waals surface area contributed by atoms with Gasteiger partial charge in [0.2, 0.25) is 0 Å². The molecular formula is C17H15Cl2N. The maximum absolute atomic E-state index is 6.16. The van der Waals surface area contributed by atoms with Crippen molar-refractivity contribution in [3.05, 3.63) is 69.2 Å². The zero-order valence-electron chi connectivity index (χ0n) is 11.2. The molecule has 3 rings (SSSR count). The van der Waals surface area contributed by atoms with Crippen molar-refractivity contribution < 1.29 is 0 Å². The summed E-state index contributed by atoms with van der Waals surface area (Å²) >= 11 is 12.2. The van der Waals surface area contributed by atoms with E-state index in [4.69, 9.17) is 23.2 Å². The fourth-order valence-electron chi connectivity index (χ4n) is 2.94. The summed E-state index contributed by atoms with van der Waals surface area (Å²) in [6.07, 6.45) is 2.06. The van der Waals surface area contributed by atoms with Crippen molar-refractivity contribution in [1.29, 1.82) is 0 Å². The molecular weight excluding hydrogens is 289 g/mol. The number of benzene rings is 2. The second-order valence-corrected chi connectivity index (χ2v) is 5.84. The van der Waals surface area contributed by atoms with Crippen LogP contribution in [-0.2, 0) is 0 Å². The van der Waals surface area contributed by atoms with E-state index in [1.165, 1.54) is 22.4 Å². The number of rotatable bonds is 1. The van der Waals surface area contributed by atoms with E-state index in [9.17, 15) is 0 Å². The lowest BCUT2D eigenvalue weighted by molar-refractivity contribution is 0.722. The molecule has 102 valence electrons. The summed E-state index contributed by atoms with van der Waals surface area (Å²) < 4.78 is 0. The standard InChI is InChI=1S/C17H15Cl2N/c1-20-17-9-7-12(13-4-2-3-5-14(13)17)11-6-8-15(18)16(19)10-11/h2-6,8,10,12H,7,9H2,1H3/b20-17-. The molecule has 0 saturated heterocycles. The van der Waals surface area contributed by atoms with Crippen LogP contribution in [-0.4, -0.2) is 12.8 Å². The number of halogens is 2. The Balaban J connectivity index is 2.09. The van der Waals surface area contributed by atoms with Gasteiger partial charge in [0.25, 0.3) is 0 Å². The van der Waals surface area contributed by atoms with Crippen LogP contribution in [0.5, 0.6) is 0 Å². The fourth-order valence-corrected chi connectivity index (χ4v) is 3.25. The Labute approximate surface area is 129 Å². The zero-order valence-corrected chi connectivity index (χ0v) is 12.7. The molecule has 0 heterocycles. The van der Waals surface area contributed by atoms with Crippen LogP contribution in [0.15, 0.2) is 47.5 Å². The molecule has 1 unspecified atom stereocenters. The highest BCUT2D eigenvalue weighted by atomic mass is 35.5. The predicted octanol–water partition coefficient (Wildman–Crippen LogP) is 5.34. The molecule has 0 aliphatic heterocycles. The molecule has 1 nitrogen and oxygen atoms in total. The van der Waals surface area contributed by atoms with E-state index >= 15 is 0 Å². The molecule has 3 heteroatoms. The monoisotopic (exact) mass is 303 g/mol. The number of hydrogen-bond donors (Lipinski definition) is 0. The molecule has 0 fully saturated rings. The molecule has 20 heavy (non-hydrogen) atoms. The van der Waals surface area contributed by atoms with Crippen molar-refractivity contribution in [2.75, 3.05) is 7.05 Å². The van der Waals surface area contributed by atoms with E-state index in [0.29, 0.717) is 16.0 Å². The third kappa shape index (κ3) is 2.36. The maximum Gasteiger partial charge on any atom is 0.0595 e. The minimum absolute atomic E-state index is 0.367. The highest BCUT2D eigenvalue weighted by Gasteiger charge is 2.25. The third-order valence-corrected chi connectivity index (χ3v) is 4.67. The van der Waals surface area contributed by atoms with Gasteiger partial charge < -0.3 is 0 Å². The molecule has 0 bridgehead atoms. The van der Waals surface area contributed by atoms with E-state index in [0.717, 1.165) is 12.8 Å². The summed E-state index contributed by atoms with van der Waals surface area (Å²) in [7, 11) is 1.87. The van der Waals surface area contributed by atoms with Crippen LogP contribution < -0.4 is 0 Å². The van der Waals surface area contributed by atoms with Crippen LogP contribution in [0.4, 0.5) is 0 Å². The van der Waals surface area contributed by atoms with Gasteiger partial charge in [0, 0.05) is 18.7 Å². The lowest BCUT2D eigenvalue weighted by Gasteiger charge is -2.27. The number of aliphatic imine (C=N–C) groups is 1. The summed E-state index contributed by atoms with van der Waals surface area (Å²) in [6, 6.07) is 14.4. The van der Waals surface area contributed by atoms with Crippen molar-refractivity contribution in [2.45, 2.75) is 18.8 Å². The van der Waals surface area contributed by atoms with Crippen molar-refractivity contribution in [2.24, 2.45) is 4.99 Å². The van der Waals surface area contributed by atoms with E-state index in [1.807, 2.05) is 19.2 Å². The topological polar surface area (TPSA) is 12.4 Å². The summed E-state index contributed by atoms with van der Waals surface area (Å²) in [5.74, 6) is 0.367. The molecule has 1 aliphatic rings. The van der Waals surface area contributed by atoms with Crippen molar-refractivity contribution in [1.82, 2.24) is 0 Å². The molecule has 0 aromatic heterocycles. The maximum atomic E-state index is 6.16. The van der Waals surface area contributed by atoms with E-state index in [2.05, 4.69) is 35.3 Å². The second kappa shape index (κ2) is 5.59. The first-order chi connectivity index (χ1) is 9.70. The molecule has 1 atom stereocenters. The molecule has 2 aromatic rings. The highest BCUT2D eigenvalue weighted by Crippen LogP contribution is 2.38. The quantitative estimate of drug-likeness (QED) is 0.674. The average Bonchev–Trinajstić information content (AvgIpc) is 2.49. The Kier molecular flexibility index (Phi) is 3.82. The Bertz CT molecular complexity index is 676. The van der Waals surface area contributed by atoms with Gasteiger partial charge in [-0.3, -0.25) is 4.99 Å². The summed E-state index contributed by atoms with van der Waals surface area (Å²) in [6.45, 7) is 0. The van der Waals surface area contributed by atoms with Gasteiger partial charge in [-0.15, -0.1) is 0 Å². The molecule has 2 aromatic carbocycles. The van der Waals surface area contributed by atoms with Crippen molar-refractivity contribution >= 4 is 28.9 Å². The smallest absolute Gasteiger partial charge is 0.0595 e. The SMILES string of the molecule is C/N=C1/CCC(c2ccc(Cl)c(Cl)c2)c2ccccc21.